The van der Waals surface area contributed by atoms with E-state index < -0.39 is 0 Å². The number of aromatic nitrogens is 5. The SMILES string of the molecule is Cc1ccc2c(c1)c1cc(C)ccc1n2-c1ccc(-c2cc(-c3cc(-n4c5ccccc5c5ccccc54)cc(-n4c5ccccc5c5ccccc54)c3)nc(-c3ccccc3)n2)cc1. The average molecular weight is 832 g/mol. The van der Waals surface area contributed by atoms with Crippen molar-refractivity contribution in [2.75, 3.05) is 0 Å². The molecule has 0 saturated heterocycles. The molecule has 0 aliphatic carbocycles. The molecule has 0 amide bonds. The maximum absolute atomic E-state index is 5.40. The Balaban J connectivity index is 1.04. The topological polar surface area (TPSA) is 40.6 Å². The van der Waals surface area contributed by atoms with Crippen molar-refractivity contribution in [3.8, 4) is 51.0 Å². The van der Waals surface area contributed by atoms with Gasteiger partial charge in [0.2, 0.25) is 0 Å². The Morgan fingerprint density at radius 2 is 0.677 bits per heavy atom. The monoisotopic (exact) mass is 831 g/mol. The Kier molecular flexibility index (Phi) is 8.27. The van der Waals surface area contributed by atoms with E-state index in [0.29, 0.717) is 5.82 Å². The third-order valence-electron chi connectivity index (χ3n) is 13.1. The predicted molar refractivity (Wildman–Crippen MR) is 271 cm³/mol. The number of fused-ring (bicyclic) bond motifs is 9. The van der Waals surface area contributed by atoms with Gasteiger partial charge in [-0.2, -0.15) is 0 Å². The highest BCUT2D eigenvalue weighted by Crippen LogP contribution is 2.39. The largest absolute Gasteiger partial charge is 0.309 e. The van der Waals surface area contributed by atoms with Crippen LogP contribution in [0.5, 0.6) is 0 Å². The van der Waals surface area contributed by atoms with Crippen molar-refractivity contribution >= 4 is 65.4 Å². The lowest BCUT2D eigenvalue weighted by atomic mass is 10.0. The lowest BCUT2D eigenvalue weighted by molar-refractivity contribution is 1.13. The number of nitrogens with zero attached hydrogens (tertiary/aromatic N) is 5. The van der Waals surface area contributed by atoms with Gasteiger partial charge in [0.05, 0.1) is 44.5 Å². The summed E-state index contributed by atoms with van der Waals surface area (Å²) in [5.74, 6) is 0.677. The van der Waals surface area contributed by atoms with Gasteiger partial charge < -0.3 is 13.7 Å². The number of benzene rings is 9. The Bertz CT molecular complexity index is 3720. The van der Waals surface area contributed by atoms with Crippen molar-refractivity contribution in [3.63, 3.8) is 0 Å². The molecule has 9 aromatic carbocycles. The van der Waals surface area contributed by atoms with Gasteiger partial charge in [-0.05, 0) is 98.8 Å². The molecule has 0 radical (unpaired) electrons. The fourth-order valence-electron chi connectivity index (χ4n) is 10.2. The van der Waals surface area contributed by atoms with Crippen molar-refractivity contribution in [3.05, 3.63) is 223 Å². The quantitative estimate of drug-likeness (QED) is 0.167. The molecule has 0 N–H and O–H groups in total. The van der Waals surface area contributed by atoms with Crippen molar-refractivity contribution in [2.45, 2.75) is 13.8 Å². The molecule has 306 valence electrons. The summed E-state index contributed by atoms with van der Waals surface area (Å²) < 4.78 is 7.19. The van der Waals surface area contributed by atoms with Gasteiger partial charge in [0, 0.05) is 66.1 Å². The summed E-state index contributed by atoms with van der Waals surface area (Å²) in [6, 6.07) is 76.6. The molecule has 0 aliphatic rings. The van der Waals surface area contributed by atoms with Gasteiger partial charge in [-0.15, -0.1) is 0 Å². The predicted octanol–water partition coefficient (Wildman–Crippen LogP) is 15.4. The molecule has 0 fully saturated rings. The fourth-order valence-corrected chi connectivity index (χ4v) is 10.2. The third kappa shape index (κ3) is 5.93. The van der Waals surface area contributed by atoms with Crippen LogP contribution in [-0.4, -0.2) is 23.7 Å². The van der Waals surface area contributed by atoms with Crippen molar-refractivity contribution in [1.82, 2.24) is 23.7 Å². The van der Waals surface area contributed by atoms with Gasteiger partial charge in [-0.1, -0.05) is 139 Å². The number of para-hydroxylation sites is 4. The fraction of sp³-hybridized carbons (Fsp3) is 0.0333. The van der Waals surface area contributed by atoms with Crippen molar-refractivity contribution in [1.29, 1.82) is 0 Å². The van der Waals surface area contributed by atoms with E-state index in [4.69, 9.17) is 9.97 Å². The molecule has 0 atom stereocenters. The smallest absolute Gasteiger partial charge is 0.160 e. The van der Waals surface area contributed by atoms with Crippen LogP contribution in [0.3, 0.4) is 0 Å². The van der Waals surface area contributed by atoms with Crippen LogP contribution in [0.1, 0.15) is 11.1 Å². The lowest BCUT2D eigenvalue weighted by Crippen LogP contribution is -2.01. The van der Waals surface area contributed by atoms with E-state index in [1.165, 1.54) is 54.5 Å². The molecule has 0 bridgehead atoms. The van der Waals surface area contributed by atoms with Crippen molar-refractivity contribution in [2.24, 2.45) is 0 Å². The molecule has 13 rings (SSSR count). The van der Waals surface area contributed by atoms with Crippen LogP contribution in [0.15, 0.2) is 212 Å². The van der Waals surface area contributed by atoms with E-state index in [9.17, 15) is 0 Å². The van der Waals surface area contributed by atoms with Gasteiger partial charge in [0.1, 0.15) is 0 Å². The first-order valence-electron chi connectivity index (χ1n) is 22.2. The molecular formula is C60H41N5. The second-order valence-corrected chi connectivity index (χ2v) is 17.2. The zero-order valence-electron chi connectivity index (χ0n) is 35.9. The van der Waals surface area contributed by atoms with Gasteiger partial charge in [-0.3, -0.25) is 0 Å². The average Bonchev–Trinajstić information content (AvgIpc) is 3.99. The maximum atomic E-state index is 5.40. The van der Waals surface area contributed by atoms with Gasteiger partial charge in [0.25, 0.3) is 0 Å². The number of rotatable bonds is 6. The van der Waals surface area contributed by atoms with Gasteiger partial charge in [0.15, 0.2) is 5.82 Å². The molecule has 0 aliphatic heterocycles. The van der Waals surface area contributed by atoms with E-state index in [-0.39, 0.29) is 0 Å². The highest BCUT2D eigenvalue weighted by molar-refractivity contribution is 6.11. The minimum Gasteiger partial charge on any atom is -0.309 e. The molecule has 0 saturated carbocycles. The number of hydrogen-bond donors (Lipinski definition) is 0. The molecule has 65 heavy (non-hydrogen) atoms. The summed E-state index contributed by atoms with van der Waals surface area (Å²) in [5.41, 5.74) is 17.4. The highest BCUT2D eigenvalue weighted by Gasteiger charge is 2.20. The summed E-state index contributed by atoms with van der Waals surface area (Å²) in [6.07, 6.45) is 0. The standard InChI is InChI=1S/C60H41N5/c1-38-24-30-58-50(32-38)51-33-39(2)25-31-59(51)63(58)43-28-26-40(27-29-43)52-37-53(62-60(61-52)41-14-4-3-5-15-41)42-34-44(64-54-20-10-6-16-46(54)47-17-7-11-21-55(47)64)36-45(35-42)65-56-22-12-8-18-48(56)49-19-9-13-23-57(49)65/h3-37H,1-2H3. The molecule has 13 aromatic rings. The van der Waals surface area contributed by atoms with Crippen LogP contribution in [0, 0.1) is 13.8 Å². The third-order valence-corrected chi connectivity index (χ3v) is 13.1. The normalized spacial score (nSPS) is 11.8. The summed E-state index contributed by atoms with van der Waals surface area (Å²) in [7, 11) is 0. The van der Waals surface area contributed by atoms with E-state index in [0.717, 1.165) is 67.2 Å². The zero-order chi connectivity index (χ0) is 43.2. The molecule has 5 nitrogen and oxygen atoms in total. The Labute approximate surface area is 375 Å². The first-order valence-corrected chi connectivity index (χ1v) is 22.2. The number of hydrogen-bond acceptors (Lipinski definition) is 2. The first kappa shape index (κ1) is 37.1. The van der Waals surface area contributed by atoms with Crippen LogP contribution in [0.25, 0.3) is 116 Å². The van der Waals surface area contributed by atoms with Crippen LogP contribution < -0.4 is 0 Å². The van der Waals surface area contributed by atoms with Crippen molar-refractivity contribution < 1.29 is 0 Å². The van der Waals surface area contributed by atoms with Gasteiger partial charge >= 0.3 is 0 Å². The van der Waals surface area contributed by atoms with Crippen LogP contribution >= 0.6 is 0 Å². The highest BCUT2D eigenvalue weighted by atomic mass is 15.0. The van der Waals surface area contributed by atoms with E-state index in [1.54, 1.807) is 0 Å². The molecule has 0 spiro atoms. The van der Waals surface area contributed by atoms with Gasteiger partial charge in [-0.25, -0.2) is 9.97 Å². The molecule has 4 heterocycles. The summed E-state index contributed by atoms with van der Waals surface area (Å²) in [5, 5.41) is 7.41. The van der Waals surface area contributed by atoms with E-state index >= 15 is 0 Å². The molecule has 4 aromatic heterocycles. The van der Waals surface area contributed by atoms with E-state index in [1.807, 2.05) is 6.07 Å². The molecule has 0 unspecified atom stereocenters. The Hall–Kier alpha value is -8.54. The summed E-state index contributed by atoms with van der Waals surface area (Å²) >= 11 is 0. The minimum absolute atomic E-state index is 0.677. The Morgan fingerprint density at radius 1 is 0.277 bits per heavy atom. The Morgan fingerprint density at radius 3 is 1.15 bits per heavy atom. The molecule has 5 heteroatoms. The summed E-state index contributed by atoms with van der Waals surface area (Å²) in [6.45, 7) is 4.33. The summed E-state index contributed by atoms with van der Waals surface area (Å²) in [4.78, 5) is 10.7. The van der Waals surface area contributed by atoms with Crippen LogP contribution in [-0.2, 0) is 0 Å². The second-order valence-electron chi connectivity index (χ2n) is 17.2. The van der Waals surface area contributed by atoms with Crippen LogP contribution in [0.2, 0.25) is 0 Å². The maximum Gasteiger partial charge on any atom is 0.160 e. The lowest BCUT2D eigenvalue weighted by Gasteiger charge is -2.16. The van der Waals surface area contributed by atoms with Crippen LogP contribution in [0.4, 0.5) is 0 Å². The number of aryl methyl sites for hydroxylation is 2. The zero-order valence-corrected chi connectivity index (χ0v) is 35.9. The minimum atomic E-state index is 0.677. The second kappa shape index (κ2) is 14.5. The molecular weight excluding hydrogens is 791 g/mol. The van der Waals surface area contributed by atoms with E-state index in [2.05, 4.69) is 234 Å². The first-order chi connectivity index (χ1) is 32.0.